The lowest BCUT2D eigenvalue weighted by Gasteiger charge is -2.24. The standard InChI is InChI=1S/C14H20N2O2S/c1-2-9-18-10-3-8-16-13(17)11-19-14(16)12-4-6-15-7-5-12/h4-7,14H,2-3,8-11H2,1H3. The highest BCUT2D eigenvalue weighted by Gasteiger charge is 2.32. The SMILES string of the molecule is CCCOCCCN1C(=O)CSC1c1ccncc1. The van der Waals surface area contributed by atoms with E-state index >= 15 is 0 Å². The number of rotatable bonds is 7. The Morgan fingerprint density at radius 3 is 2.95 bits per heavy atom. The van der Waals surface area contributed by atoms with Gasteiger partial charge in [0, 0.05) is 32.2 Å². The van der Waals surface area contributed by atoms with E-state index in [1.165, 1.54) is 0 Å². The summed E-state index contributed by atoms with van der Waals surface area (Å²) in [7, 11) is 0. The summed E-state index contributed by atoms with van der Waals surface area (Å²) in [6.45, 7) is 4.39. The molecule has 1 saturated heterocycles. The summed E-state index contributed by atoms with van der Waals surface area (Å²) in [5, 5.41) is 0.140. The molecule has 104 valence electrons. The molecule has 1 amide bonds. The van der Waals surface area contributed by atoms with Crippen molar-refractivity contribution in [2.24, 2.45) is 0 Å². The molecule has 0 bridgehead atoms. The number of ether oxygens (including phenoxy) is 1. The number of hydrogen-bond donors (Lipinski definition) is 0. The van der Waals surface area contributed by atoms with Gasteiger partial charge in [-0.15, -0.1) is 11.8 Å². The number of nitrogens with zero attached hydrogens (tertiary/aromatic N) is 2. The number of pyridine rings is 1. The van der Waals surface area contributed by atoms with Crippen LogP contribution in [0.5, 0.6) is 0 Å². The summed E-state index contributed by atoms with van der Waals surface area (Å²) in [6.07, 6.45) is 5.49. The van der Waals surface area contributed by atoms with Gasteiger partial charge in [-0.25, -0.2) is 0 Å². The maximum Gasteiger partial charge on any atom is 0.233 e. The molecule has 2 heterocycles. The normalized spacial score (nSPS) is 19.1. The summed E-state index contributed by atoms with van der Waals surface area (Å²) >= 11 is 1.69. The van der Waals surface area contributed by atoms with Gasteiger partial charge in [0.25, 0.3) is 0 Å². The Balaban J connectivity index is 1.87. The van der Waals surface area contributed by atoms with Crippen molar-refractivity contribution in [3.8, 4) is 0 Å². The van der Waals surface area contributed by atoms with Gasteiger partial charge < -0.3 is 9.64 Å². The molecule has 19 heavy (non-hydrogen) atoms. The van der Waals surface area contributed by atoms with Gasteiger partial charge in [-0.2, -0.15) is 0 Å². The van der Waals surface area contributed by atoms with E-state index in [2.05, 4.69) is 11.9 Å². The minimum Gasteiger partial charge on any atom is -0.381 e. The monoisotopic (exact) mass is 280 g/mol. The highest BCUT2D eigenvalue weighted by atomic mass is 32.2. The molecule has 0 aromatic carbocycles. The van der Waals surface area contributed by atoms with Crippen LogP contribution in [-0.2, 0) is 9.53 Å². The Hall–Kier alpha value is -1.07. The molecule has 1 fully saturated rings. The van der Waals surface area contributed by atoms with E-state index in [0.717, 1.165) is 38.2 Å². The van der Waals surface area contributed by atoms with Crippen molar-refractivity contribution in [2.45, 2.75) is 25.1 Å². The number of amides is 1. The Labute approximate surface area is 118 Å². The third-order valence-corrected chi connectivity index (χ3v) is 4.25. The maximum absolute atomic E-state index is 11.9. The number of carbonyl (C=O) groups excluding carboxylic acids is 1. The molecular formula is C14H20N2O2S. The minimum absolute atomic E-state index is 0.140. The second-order valence-electron chi connectivity index (χ2n) is 4.50. The number of thioether (sulfide) groups is 1. The van der Waals surface area contributed by atoms with E-state index in [4.69, 9.17) is 4.74 Å². The van der Waals surface area contributed by atoms with Crippen LogP contribution in [0.2, 0.25) is 0 Å². The Bertz CT molecular complexity index is 400. The topological polar surface area (TPSA) is 42.4 Å². The largest absolute Gasteiger partial charge is 0.381 e. The van der Waals surface area contributed by atoms with Gasteiger partial charge in [-0.3, -0.25) is 9.78 Å². The van der Waals surface area contributed by atoms with Crippen molar-refractivity contribution in [2.75, 3.05) is 25.5 Å². The van der Waals surface area contributed by atoms with Crippen LogP contribution in [0.1, 0.15) is 30.7 Å². The molecule has 1 unspecified atom stereocenters. The Morgan fingerprint density at radius 1 is 1.42 bits per heavy atom. The predicted molar refractivity (Wildman–Crippen MR) is 76.9 cm³/mol. The first-order valence-corrected chi connectivity index (χ1v) is 7.76. The van der Waals surface area contributed by atoms with Crippen LogP contribution in [0.15, 0.2) is 24.5 Å². The second-order valence-corrected chi connectivity index (χ2v) is 5.57. The molecule has 1 aromatic heterocycles. The van der Waals surface area contributed by atoms with Gasteiger partial charge in [-0.05, 0) is 30.5 Å². The molecular weight excluding hydrogens is 260 g/mol. The Kier molecular flexibility index (Phi) is 5.66. The van der Waals surface area contributed by atoms with Crippen LogP contribution in [0.3, 0.4) is 0 Å². The molecule has 5 heteroatoms. The van der Waals surface area contributed by atoms with Gasteiger partial charge >= 0.3 is 0 Å². The molecule has 1 aliphatic rings. The highest BCUT2D eigenvalue weighted by Crippen LogP contribution is 2.38. The predicted octanol–water partition coefficient (Wildman–Crippen LogP) is 2.47. The van der Waals surface area contributed by atoms with Crippen molar-refractivity contribution in [3.05, 3.63) is 30.1 Å². The summed E-state index contributed by atoms with van der Waals surface area (Å²) in [4.78, 5) is 17.9. The Morgan fingerprint density at radius 2 is 2.21 bits per heavy atom. The zero-order chi connectivity index (χ0) is 13.5. The van der Waals surface area contributed by atoms with E-state index in [9.17, 15) is 4.79 Å². The smallest absolute Gasteiger partial charge is 0.233 e. The summed E-state index contributed by atoms with van der Waals surface area (Å²) in [6, 6.07) is 3.97. The number of carbonyl (C=O) groups is 1. The van der Waals surface area contributed by atoms with Crippen LogP contribution < -0.4 is 0 Å². The minimum atomic E-state index is 0.140. The molecule has 2 rings (SSSR count). The maximum atomic E-state index is 11.9. The quantitative estimate of drug-likeness (QED) is 0.720. The molecule has 0 aliphatic carbocycles. The van der Waals surface area contributed by atoms with Crippen molar-refractivity contribution >= 4 is 17.7 Å². The third-order valence-electron chi connectivity index (χ3n) is 3.00. The van der Waals surface area contributed by atoms with Gasteiger partial charge in [0.15, 0.2) is 0 Å². The molecule has 0 saturated carbocycles. The molecule has 1 aliphatic heterocycles. The molecule has 4 nitrogen and oxygen atoms in total. The van der Waals surface area contributed by atoms with E-state index in [1.807, 2.05) is 17.0 Å². The van der Waals surface area contributed by atoms with Crippen molar-refractivity contribution < 1.29 is 9.53 Å². The fraction of sp³-hybridized carbons (Fsp3) is 0.571. The number of hydrogen-bond acceptors (Lipinski definition) is 4. The molecule has 0 spiro atoms. The summed E-state index contributed by atoms with van der Waals surface area (Å²) in [5.41, 5.74) is 1.15. The zero-order valence-electron chi connectivity index (χ0n) is 11.2. The first kappa shape index (κ1) is 14.3. The first-order valence-electron chi connectivity index (χ1n) is 6.71. The fourth-order valence-corrected chi connectivity index (χ4v) is 3.30. The first-order chi connectivity index (χ1) is 9.33. The van der Waals surface area contributed by atoms with Crippen molar-refractivity contribution in [1.82, 2.24) is 9.88 Å². The van der Waals surface area contributed by atoms with E-state index < -0.39 is 0 Å². The van der Waals surface area contributed by atoms with Gasteiger partial charge in [0.1, 0.15) is 5.37 Å². The van der Waals surface area contributed by atoms with Crippen LogP contribution in [0, 0.1) is 0 Å². The van der Waals surface area contributed by atoms with Crippen LogP contribution in [-0.4, -0.2) is 41.3 Å². The second kappa shape index (κ2) is 7.50. The lowest BCUT2D eigenvalue weighted by Crippen LogP contribution is -2.29. The van der Waals surface area contributed by atoms with Crippen LogP contribution >= 0.6 is 11.8 Å². The average molecular weight is 280 g/mol. The zero-order valence-corrected chi connectivity index (χ0v) is 12.1. The van der Waals surface area contributed by atoms with Crippen molar-refractivity contribution in [1.29, 1.82) is 0 Å². The fourth-order valence-electron chi connectivity index (χ4n) is 2.08. The van der Waals surface area contributed by atoms with Gasteiger partial charge in [0.2, 0.25) is 5.91 Å². The molecule has 0 N–H and O–H groups in total. The molecule has 1 atom stereocenters. The van der Waals surface area contributed by atoms with Crippen LogP contribution in [0.25, 0.3) is 0 Å². The van der Waals surface area contributed by atoms with Crippen molar-refractivity contribution in [3.63, 3.8) is 0 Å². The summed E-state index contributed by atoms with van der Waals surface area (Å²) < 4.78 is 5.46. The molecule has 0 radical (unpaired) electrons. The third kappa shape index (κ3) is 3.94. The van der Waals surface area contributed by atoms with Crippen LogP contribution in [0.4, 0.5) is 0 Å². The van der Waals surface area contributed by atoms with E-state index in [0.29, 0.717) is 5.75 Å². The van der Waals surface area contributed by atoms with E-state index in [-0.39, 0.29) is 11.3 Å². The average Bonchev–Trinajstić information content (AvgIpc) is 2.81. The molecule has 1 aromatic rings. The van der Waals surface area contributed by atoms with Gasteiger partial charge in [-0.1, -0.05) is 6.92 Å². The summed E-state index contributed by atoms with van der Waals surface area (Å²) in [5.74, 6) is 0.797. The van der Waals surface area contributed by atoms with E-state index in [1.54, 1.807) is 24.2 Å². The highest BCUT2D eigenvalue weighted by molar-refractivity contribution is 8.00. The lowest BCUT2D eigenvalue weighted by atomic mass is 10.2. The number of aromatic nitrogens is 1. The van der Waals surface area contributed by atoms with Gasteiger partial charge in [0.05, 0.1) is 5.75 Å². The lowest BCUT2D eigenvalue weighted by molar-refractivity contribution is -0.128.